The first kappa shape index (κ1) is 15.0. The first-order valence-electron chi connectivity index (χ1n) is 7.00. The topological polar surface area (TPSA) is 32.5 Å². The van der Waals surface area contributed by atoms with E-state index in [9.17, 15) is 0 Å². The fourth-order valence-corrected chi connectivity index (χ4v) is 2.24. The molecule has 0 saturated carbocycles. The lowest BCUT2D eigenvalue weighted by atomic mass is 9.98. The van der Waals surface area contributed by atoms with Crippen molar-refractivity contribution in [1.82, 2.24) is 0 Å². The van der Waals surface area contributed by atoms with Gasteiger partial charge in [0, 0.05) is 51.3 Å². The summed E-state index contributed by atoms with van der Waals surface area (Å²) < 4.78 is 0. The fourth-order valence-electron chi connectivity index (χ4n) is 2.24. The Bertz CT molecular complexity index is 554. The largest absolute Gasteiger partial charge is 0.404 e. The van der Waals surface area contributed by atoms with E-state index in [4.69, 9.17) is 5.73 Å². The Morgan fingerprint density at radius 3 is 1.29 bits per heavy atom. The molecule has 0 aliphatic heterocycles. The minimum absolute atomic E-state index is 1.05. The van der Waals surface area contributed by atoms with Gasteiger partial charge in [-0.15, -0.1) is 0 Å². The van der Waals surface area contributed by atoms with Crippen molar-refractivity contribution in [3.63, 3.8) is 0 Å². The average Bonchev–Trinajstić information content (AvgIpc) is 2.49. The minimum atomic E-state index is 1.05. The van der Waals surface area contributed by atoms with Crippen LogP contribution >= 0.6 is 0 Å². The van der Waals surface area contributed by atoms with Gasteiger partial charge in [-0.25, -0.2) is 0 Å². The van der Waals surface area contributed by atoms with Crippen LogP contribution in [0.2, 0.25) is 0 Å². The van der Waals surface area contributed by atoms with Gasteiger partial charge in [0.15, 0.2) is 0 Å². The van der Waals surface area contributed by atoms with E-state index in [1.54, 1.807) is 6.20 Å². The van der Waals surface area contributed by atoms with Crippen molar-refractivity contribution in [1.29, 1.82) is 0 Å². The lowest BCUT2D eigenvalue weighted by molar-refractivity contribution is 1.13. The number of anilines is 2. The third kappa shape index (κ3) is 3.37. The lowest BCUT2D eigenvalue weighted by Crippen LogP contribution is -2.08. The Balaban J connectivity index is 2.31. The second-order valence-corrected chi connectivity index (χ2v) is 5.46. The van der Waals surface area contributed by atoms with Gasteiger partial charge < -0.3 is 15.5 Å². The summed E-state index contributed by atoms with van der Waals surface area (Å²) in [5, 5.41) is 0. The highest BCUT2D eigenvalue weighted by atomic mass is 15.1. The van der Waals surface area contributed by atoms with Gasteiger partial charge in [0.2, 0.25) is 0 Å². The molecular formula is C18H23N3. The summed E-state index contributed by atoms with van der Waals surface area (Å²) in [6.07, 6.45) is 1.68. The molecule has 3 nitrogen and oxygen atoms in total. The third-order valence-electron chi connectivity index (χ3n) is 3.56. The molecular weight excluding hydrogens is 258 g/mol. The molecule has 2 aromatic rings. The van der Waals surface area contributed by atoms with Gasteiger partial charge in [0.25, 0.3) is 0 Å². The lowest BCUT2D eigenvalue weighted by Gasteiger charge is -2.15. The van der Waals surface area contributed by atoms with E-state index >= 15 is 0 Å². The van der Waals surface area contributed by atoms with Crippen molar-refractivity contribution in [3.8, 4) is 0 Å². The molecule has 0 heterocycles. The van der Waals surface area contributed by atoms with Gasteiger partial charge in [-0.2, -0.15) is 0 Å². The van der Waals surface area contributed by atoms with E-state index in [0.29, 0.717) is 0 Å². The molecule has 2 aromatic carbocycles. The van der Waals surface area contributed by atoms with E-state index in [1.165, 1.54) is 11.4 Å². The Morgan fingerprint density at radius 1 is 0.714 bits per heavy atom. The van der Waals surface area contributed by atoms with Crippen molar-refractivity contribution >= 4 is 16.9 Å². The monoisotopic (exact) mass is 281 g/mol. The average molecular weight is 281 g/mol. The highest BCUT2D eigenvalue weighted by Crippen LogP contribution is 2.26. The minimum Gasteiger partial charge on any atom is -0.404 e. The van der Waals surface area contributed by atoms with Crippen LogP contribution in [-0.4, -0.2) is 28.2 Å². The molecule has 0 aliphatic rings. The first-order valence-corrected chi connectivity index (χ1v) is 7.00. The normalized spacial score (nSPS) is 10.1. The van der Waals surface area contributed by atoms with E-state index < -0.39 is 0 Å². The maximum atomic E-state index is 5.85. The van der Waals surface area contributed by atoms with Gasteiger partial charge in [0.05, 0.1) is 0 Å². The number of hydrogen-bond acceptors (Lipinski definition) is 3. The van der Waals surface area contributed by atoms with E-state index in [-0.39, 0.29) is 0 Å². The van der Waals surface area contributed by atoms with E-state index in [2.05, 4.69) is 58.3 Å². The Labute approximate surface area is 127 Å². The highest BCUT2D eigenvalue weighted by molar-refractivity contribution is 5.80. The quantitative estimate of drug-likeness (QED) is 0.934. The molecule has 0 saturated heterocycles. The highest BCUT2D eigenvalue weighted by Gasteiger charge is 2.06. The zero-order valence-corrected chi connectivity index (χ0v) is 13.2. The molecule has 110 valence electrons. The molecule has 2 N–H and O–H groups in total. The van der Waals surface area contributed by atoms with Crippen LogP contribution in [0.4, 0.5) is 11.4 Å². The fraction of sp³-hybridized carbons (Fsp3) is 0.222. The van der Waals surface area contributed by atoms with Crippen LogP contribution in [0, 0.1) is 0 Å². The van der Waals surface area contributed by atoms with Crippen molar-refractivity contribution < 1.29 is 0 Å². The summed E-state index contributed by atoms with van der Waals surface area (Å²) in [4.78, 5) is 4.17. The van der Waals surface area contributed by atoms with Crippen LogP contribution in [0.3, 0.4) is 0 Å². The molecule has 2 rings (SSSR count). The summed E-state index contributed by atoms with van der Waals surface area (Å²) in [6.45, 7) is 0. The standard InChI is InChI=1S/C18H23N3/c1-20(2)16-9-5-14(6-10-16)18(13-19)15-7-11-17(12-8-15)21(3)4/h5-13H,19H2,1-4H3. The molecule has 0 unspecified atom stereocenters. The van der Waals surface area contributed by atoms with Gasteiger partial charge in [-0.05, 0) is 35.4 Å². The number of nitrogens with two attached hydrogens (primary N) is 1. The third-order valence-corrected chi connectivity index (χ3v) is 3.56. The summed E-state index contributed by atoms with van der Waals surface area (Å²) >= 11 is 0. The zero-order chi connectivity index (χ0) is 15.4. The SMILES string of the molecule is CN(C)c1ccc(C(=CN)c2ccc(N(C)C)cc2)cc1. The van der Waals surface area contributed by atoms with Crippen LogP contribution in [0.25, 0.3) is 5.57 Å². The van der Waals surface area contributed by atoms with Crippen LogP contribution in [0.1, 0.15) is 11.1 Å². The van der Waals surface area contributed by atoms with Gasteiger partial charge >= 0.3 is 0 Å². The van der Waals surface area contributed by atoms with Crippen LogP contribution in [0.5, 0.6) is 0 Å². The van der Waals surface area contributed by atoms with Crippen LogP contribution in [-0.2, 0) is 0 Å². The first-order chi connectivity index (χ1) is 10.0. The second kappa shape index (κ2) is 6.35. The number of benzene rings is 2. The Morgan fingerprint density at radius 2 is 1.05 bits per heavy atom. The van der Waals surface area contributed by atoms with Crippen molar-refractivity contribution in [2.45, 2.75) is 0 Å². The molecule has 0 spiro atoms. The molecule has 3 heteroatoms. The Hall–Kier alpha value is -2.42. The maximum Gasteiger partial charge on any atom is 0.0361 e. The zero-order valence-electron chi connectivity index (χ0n) is 13.2. The molecule has 0 fully saturated rings. The molecule has 0 bridgehead atoms. The molecule has 0 aromatic heterocycles. The molecule has 0 radical (unpaired) electrons. The molecule has 0 atom stereocenters. The summed E-state index contributed by atoms with van der Waals surface area (Å²) in [6, 6.07) is 16.8. The van der Waals surface area contributed by atoms with E-state index in [1.807, 2.05) is 28.2 Å². The molecule has 0 amide bonds. The summed E-state index contributed by atoms with van der Waals surface area (Å²) in [5.74, 6) is 0. The van der Waals surface area contributed by atoms with Gasteiger partial charge in [-0.3, -0.25) is 0 Å². The van der Waals surface area contributed by atoms with Crippen molar-refractivity contribution in [3.05, 3.63) is 65.9 Å². The van der Waals surface area contributed by atoms with Crippen LogP contribution in [0.15, 0.2) is 54.7 Å². The van der Waals surface area contributed by atoms with Crippen molar-refractivity contribution in [2.75, 3.05) is 38.0 Å². The smallest absolute Gasteiger partial charge is 0.0361 e. The predicted octanol–water partition coefficient (Wildman–Crippen LogP) is 3.17. The number of rotatable bonds is 4. The maximum absolute atomic E-state index is 5.85. The molecule has 21 heavy (non-hydrogen) atoms. The van der Waals surface area contributed by atoms with Gasteiger partial charge in [-0.1, -0.05) is 24.3 Å². The molecule has 0 aliphatic carbocycles. The summed E-state index contributed by atoms with van der Waals surface area (Å²) in [7, 11) is 8.15. The van der Waals surface area contributed by atoms with E-state index in [0.717, 1.165) is 16.7 Å². The second-order valence-electron chi connectivity index (χ2n) is 5.46. The van der Waals surface area contributed by atoms with Crippen molar-refractivity contribution in [2.24, 2.45) is 5.73 Å². The predicted molar refractivity (Wildman–Crippen MR) is 92.8 cm³/mol. The number of hydrogen-bond donors (Lipinski definition) is 1. The number of nitrogens with zero attached hydrogens (tertiary/aromatic N) is 2. The van der Waals surface area contributed by atoms with Gasteiger partial charge in [0.1, 0.15) is 0 Å². The van der Waals surface area contributed by atoms with Crippen LogP contribution < -0.4 is 15.5 Å². The summed E-state index contributed by atoms with van der Waals surface area (Å²) in [5.41, 5.74) is 11.5. The Kier molecular flexibility index (Phi) is 4.53.